The molecule has 2 heteroatoms. The van der Waals surface area contributed by atoms with E-state index >= 15 is 0 Å². The lowest BCUT2D eigenvalue weighted by atomic mass is 9.82. The Kier molecular flexibility index (Phi) is 1.46. The molecule has 1 N–H and O–H groups in total. The second-order valence-electron chi connectivity index (χ2n) is 3.59. The Bertz CT molecular complexity index is 131. The van der Waals surface area contributed by atoms with Gasteiger partial charge in [-0.1, -0.05) is 0 Å². The molecule has 58 valence electrons. The largest absolute Gasteiger partial charge is 0.375 e. The Morgan fingerprint density at radius 2 is 2.30 bits per heavy atom. The van der Waals surface area contributed by atoms with Crippen molar-refractivity contribution < 1.29 is 4.74 Å². The first-order chi connectivity index (χ1) is 4.81. The maximum absolute atomic E-state index is 5.59. The Balaban J connectivity index is 1.96. The zero-order valence-corrected chi connectivity index (χ0v) is 6.52. The van der Waals surface area contributed by atoms with Crippen LogP contribution in [0.15, 0.2) is 0 Å². The third-order valence-electron chi connectivity index (χ3n) is 2.72. The van der Waals surface area contributed by atoms with Crippen LogP contribution in [0.1, 0.15) is 26.2 Å². The first kappa shape index (κ1) is 6.62. The highest BCUT2D eigenvalue weighted by Gasteiger charge is 2.41. The minimum Gasteiger partial charge on any atom is -0.375 e. The van der Waals surface area contributed by atoms with E-state index < -0.39 is 0 Å². The molecule has 0 aliphatic carbocycles. The first-order valence-corrected chi connectivity index (χ1v) is 4.18. The number of hydrogen-bond donors (Lipinski definition) is 1. The molecular weight excluding hydrogens is 126 g/mol. The van der Waals surface area contributed by atoms with Crippen molar-refractivity contribution in [3.8, 4) is 0 Å². The van der Waals surface area contributed by atoms with Gasteiger partial charge in [-0.25, -0.2) is 0 Å². The summed E-state index contributed by atoms with van der Waals surface area (Å²) in [5.41, 5.74) is 0.310. The molecule has 0 bridgehead atoms. The van der Waals surface area contributed by atoms with Crippen molar-refractivity contribution in [2.45, 2.75) is 37.8 Å². The number of nitrogens with one attached hydrogen (secondary N) is 1. The monoisotopic (exact) mass is 141 g/mol. The first-order valence-electron chi connectivity index (χ1n) is 4.18. The molecule has 2 heterocycles. The Labute approximate surface area is 61.9 Å². The van der Waals surface area contributed by atoms with Crippen LogP contribution in [-0.4, -0.2) is 24.8 Å². The standard InChI is InChI=1S/C8H15NO/c1-7-6-8(2-4-9-7)3-5-10-8/h7,9H,2-6H2,1H3/t7-,8-/m1/s1. The van der Waals surface area contributed by atoms with E-state index in [1.54, 1.807) is 0 Å². The molecule has 2 atom stereocenters. The molecule has 2 rings (SSSR count). The predicted octanol–water partition coefficient (Wildman–Crippen LogP) is 0.917. The van der Waals surface area contributed by atoms with E-state index in [0.29, 0.717) is 11.6 Å². The molecule has 0 aromatic carbocycles. The van der Waals surface area contributed by atoms with Crippen LogP contribution in [-0.2, 0) is 4.74 Å². The molecule has 10 heavy (non-hydrogen) atoms. The van der Waals surface area contributed by atoms with Gasteiger partial charge in [-0.2, -0.15) is 0 Å². The van der Waals surface area contributed by atoms with Crippen LogP contribution in [0.3, 0.4) is 0 Å². The summed E-state index contributed by atoms with van der Waals surface area (Å²) in [6.07, 6.45) is 3.73. The van der Waals surface area contributed by atoms with E-state index in [9.17, 15) is 0 Å². The van der Waals surface area contributed by atoms with Gasteiger partial charge in [-0.3, -0.25) is 0 Å². The van der Waals surface area contributed by atoms with Crippen molar-refractivity contribution >= 4 is 0 Å². The topological polar surface area (TPSA) is 21.3 Å². The molecule has 0 amide bonds. The maximum Gasteiger partial charge on any atom is 0.0731 e. The van der Waals surface area contributed by atoms with Crippen LogP contribution in [0, 0.1) is 0 Å². The molecule has 2 aliphatic heterocycles. The fourth-order valence-electron chi connectivity index (χ4n) is 2.03. The van der Waals surface area contributed by atoms with Crippen LogP contribution in [0.4, 0.5) is 0 Å². The molecule has 2 fully saturated rings. The van der Waals surface area contributed by atoms with Crippen molar-refractivity contribution in [2.24, 2.45) is 0 Å². The molecule has 0 saturated carbocycles. The summed E-state index contributed by atoms with van der Waals surface area (Å²) in [6.45, 7) is 4.37. The van der Waals surface area contributed by atoms with Crippen LogP contribution < -0.4 is 5.32 Å². The van der Waals surface area contributed by atoms with Crippen molar-refractivity contribution in [1.82, 2.24) is 5.32 Å². The number of hydrogen-bond acceptors (Lipinski definition) is 2. The molecule has 2 saturated heterocycles. The minimum atomic E-state index is 0.310. The van der Waals surface area contributed by atoms with Crippen molar-refractivity contribution in [2.75, 3.05) is 13.2 Å². The third-order valence-corrected chi connectivity index (χ3v) is 2.72. The van der Waals surface area contributed by atoms with E-state index in [0.717, 1.165) is 13.2 Å². The Morgan fingerprint density at radius 3 is 2.70 bits per heavy atom. The van der Waals surface area contributed by atoms with E-state index in [1.165, 1.54) is 19.3 Å². The van der Waals surface area contributed by atoms with Gasteiger partial charge in [0.2, 0.25) is 0 Å². The second kappa shape index (κ2) is 2.21. The summed E-state index contributed by atoms with van der Waals surface area (Å²) in [5, 5.41) is 3.43. The van der Waals surface area contributed by atoms with Gasteiger partial charge in [-0.05, 0) is 32.7 Å². The highest BCUT2D eigenvalue weighted by molar-refractivity contribution is 4.94. The van der Waals surface area contributed by atoms with Crippen LogP contribution >= 0.6 is 0 Å². The molecule has 0 radical (unpaired) electrons. The summed E-state index contributed by atoms with van der Waals surface area (Å²) < 4.78 is 5.59. The summed E-state index contributed by atoms with van der Waals surface area (Å²) in [5.74, 6) is 0. The molecule has 2 nitrogen and oxygen atoms in total. The van der Waals surface area contributed by atoms with Crippen molar-refractivity contribution in [3.63, 3.8) is 0 Å². The normalized spacial score (nSPS) is 47.1. The molecule has 0 unspecified atom stereocenters. The van der Waals surface area contributed by atoms with Gasteiger partial charge in [0.05, 0.1) is 12.2 Å². The number of rotatable bonds is 0. The van der Waals surface area contributed by atoms with Crippen LogP contribution in [0.25, 0.3) is 0 Å². The quantitative estimate of drug-likeness (QED) is 0.541. The molecule has 1 spiro atoms. The maximum atomic E-state index is 5.59. The lowest BCUT2D eigenvalue weighted by Crippen LogP contribution is -2.54. The smallest absolute Gasteiger partial charge is 0.0731 e. The SMILES string of the molecule is C[C@@H]1C[C@@]2(CCN1)CCO2. The summed E-state index contributed by atoms with van der Waals surface area (Å²) in [4.78, 5) is 0. The lowest BCUT2D eigenvalue weighted by Gasteiger charge is -2.47. The molecule has 2 aliphatic rings. The summed E-state index contributed by atoms with van der Waals surface area (Å²) in [7, 11) is 0. The zero-order chi connectivity index (χ0) is 7.03. The third kappa shape index (κ3) is 0.956. The highest BCUT2D eigenvalue weighted by atomic mass is 16.5. The van der Waals surface area contributed by atoms with Crippen LogP contribution in [0.5, 0.6) is 0 Å². The van der Waals surface area contributed by atoms with E-state index in [4.69, 9.17) is 4.74 Å². The molecule has 0 aromatic heterocycles. The predicted molar refractivity (Wildman–Crippen MR) is 40.0 cm³/mol. The minimum absolute atomic E-state index is 0.310. The van der Waals surface area contributed by atoms with E-state index in [-0.39, 0.29) is 0 Å². The lowest BCUT2D eigenvalue weighted by molar-refractivity contribution is -0.166. The second-order valence-corrected chi connectivity index (χ2v) is 3.59. The fraction of sp³-hybridized carbons (Fsp3) is 1.00. The zero-order valence-electron chi connectivity index (χ0n) is 6.52. The van der Waals surface area contributed by atoms with Crippen molar-refractivity contribution in [3.05, 3.63) is 0 Å². The Hall–Kier alpha value is -0.0800. The van der Waals surface area contributed by atoms with Gasteiger partial charge >= 0.3 is 0 Å². The van der Waals surface area contributed by atoms with Gasteiger partial charge in [0, 0.05) is 6.04 Å². The van der Waals surface area contributed by atoms with Gasteiger partial charge in [0.25, 0.3) is 0 Å². The summed E-state index contributed by atoms with van der Waals surface area (Å²) >= 11 is 0. The van der Waals surface area contributed by atoms with E-state index in [1.807, 2.05) is 0 Å². The van der Waals surface area contributed by atoms with Gasteiger partial charge in [0.15, 0.2) is 0 Å². The molecule has 0 aromatic rings. The van der Waals surface area contributed by atoms with Crippen molar-refractivity contribution in [1.29, 1.82) is 0 Å². The number of ether oxygens (including phenoxy) is 1. The Morgan fingerprint density at radius 1 is 1.50 bits per heavy atom. The average molecular weight is 141 g/mol. The average Bonchev–Trinajstić information content (AvgIpc) is 1.85. The van der Waals surface area contributed by atoms with Gasteiger partial charge < -0.3 is 10.1 Å². The highest BCUT2D eigenvalue weighted by Crippen LogP contribution is 2.36. The van der Waals surface area contributed by atoms with E-state index in [2.05, 4.69) is 12.2 Å². The van der Waals surface area contributed by atoms with Crippen LogP contribution in [0.2, 0.25) is 0 Å². The summed E-state index contributed by atoms with van der Waals surface area (Å²) in [6, 6.07) is 0.661. The fourth-order valence-corrected chi connectivity index (χ4v) is 2.03. The van der Waals surface area contributed by atoms with Gasteiger partial charge in [-0.15, -0.1) is 0 Å². The van der Waals surface area contributed by atoms with Gasteiger partial charge in [0.1, 0.15) is 0 Å². The number of piperidine rings is 1. The molecular formula is C8H15NO.